The molecule has 0 atom stereocenters. The van der Waals surface area contributed by atoms with Crippen molar-refractivity contribution in [3.05, 3.63) is 11.4 Å². The summed E-state index contributed by atoms with van der Waals surface area (Å²) in [6, 6.07) is 0. The van der Waals surface area contributed by atoms with E-state index in [9.17, 15) is 0 Å². The maximum atomic E-state index is 5.79. The highest BCUT2D eigenvalue weighted by Crippen LogP contribution is 2.24. The summed E-state index contributed by atoms with van der Waals surface area (Å²) in [5.74, 6) is 2.49. The maximum absolute atomic E-state index is 5.79. The van der Waals surface area contributed by atoms with Gasteiger partial charge in [0.15, 0.2) is 0 Å². The van der Waals surface area contributed by atoms with E-state index in [4.69, 9.17) is 5.73 Å². The molecule has 15 heavy (non-hydrogen) atoms. The van der Waals surface area contributed by atoms with Gasteiger partial charge in [-0.25, -0.2) is 9.97 Å². The summed E-state index contributed by atoms with van der Waals surface area (Å²) in [6.45, 7) is 6.07. The van der Waals surface area contributed by atoms with E-state index in [2.05, 4.69) is 16.9 Å². The second-order valence-corrected chi connectivity index (χ2v) is 4.73. The largest absolute Gasteiger partial charge is 0.383 e. The number of nitrogens with zero attached hydrogens (tertiary/aromatic N) is 2. The van der Waals surface area contributed by atoms with E-state index >= 15 is 0 Å². The summed E-state index contributed by atoms with van der Waals surface area (Å²) in [5.41, 5.74) is 6.80. The van der Waals surface area contributed by atoms with Crippen LogP contribution in [0.5, 0.6) is 0 Å². The number of rotatable bonds is 5. The fourth-order valence-corrected chi connectivity index (χ4v) is 2.34. The second-order valence-electron chi connectivity index (χ2n) is 3.64. The zero-order valence-electron chi connectivity index (χ0n) is 9.71. The number of hydrogen-bond acceptors (Lipinski definition) is 4. The molecule has 4 heteroatoms. The summed E-state index contributed by atoms with van der Waals surface area (Å²) in [7, 11) is 0. The van der Waals surface area contributed by atoms with E-state index in [0.29, 0.717) is 5.82 Å². The Balaban J connectivity index is 2.60. The molecule has 0 aliphatic carbocycles. The standard InChI is InChI=1S/C11H19N3S/c1-4-5-6-7-15-11-8(2)10(12)13-9(3)14-11/h4-7H2,1-3H3,(H2,12,13,14). The Hall–Kier alpha value is -0.770. The number of unbranched alkanes of at least 4 members (excludes halogenated alkanes) is 2. The number of hydrogen-bond donors (Lipinski definition) is 1. The zero-order chi connectivity index (χ0) is 11.3. The average molecular weight is 225 g/mol. The minimum Gasteiger partial charge on any atom is -0.383 e. The highest BCUT2D eigenvalue weighted by Gasteiger charge is 2.06. The lowest BCUT2D eigenvalue weighted by Gasteiger charge is -2.07. The third kappa shape index (κ3) is 3.70. The van der Waals surface area contributed by atoms with E-state index in [1.54, 1.807) is 11.8 Å². The molecule has 1 heterocycles. The lowest BCUT2D eigenvalue weighted by atomic mass is 10.3. The number of aromatic nitrogens is 2. The molecule has 0 aliphatic rings. The van der Waals surface area contributed by atoms with Gasteiger partial charge in [-0.05, 0) is 26.0 Å². The molecule has 0 saturated heterocycles. The van der Waals surface area contributed by atoms with Gasteiger partial charge in [0.1, 0.15) is 16.7 Å². The Morgan fingerprint density at radius 1 is 1.20 bits per heavy atom. The SMILES string of the molecule is CCCCCSc1nc(C)nc(N)c1C. The molecule has 2 N–H and O–H groups in total. The number of thioether (sulfide) groups is 1. The van der Waals surface area contributed by atoms with Gasteiger partial charge in [0.25, 0.3) is 0 Å². The van der Waals surface area contributed by atoms with Crippen LogP contribution in [0.3, 0.4) is 0 Å². The molecule has 0 aromatic carbocycles. The van der Waals surface area contributed by atoms with Crippen molar-refractivity contribution in [3.8, 4) is 0 Å². The Morgan fingerprint density at radius 3 is 2.60 bits per heavy atom. The summed E-state index contributed by atoms with van der Waals surface area (Å²) >= 11 is 1.78. The molecule has 3 nitrogen and oxygen atoms in total. The number of nitrogens with two attached hydrogens (primary N) is 1. The Morgan fingerprint density at radius 2 is 1.93 bits per heavy atom. The third-order valence-electron chi connectivity index (χ3n) is 2.24. The molecule has 1 aromatic heterocycles. The van der Waals surface area contributed by atoms with Crippen LogP contribution in [0, 0.1) is 13.8 Å². The molecule has 0 saturated carbocycles. The molecule has 1 aromatic rings. The van der Waals surface area contributed by atoms with E-state index in [1.165, 1.54) is 19.3 Å². The predicted octanol–water partition coefficient (Wildman–Crippen LogP) is 2.96. The van der Waals surface area contributed by atoms with Gasteiger partial charge < -0.3 is 5.73 Å². The first-order chi connectivity index (χ1) is 7.15. The molecule has 0 amide bonds. The third-order valence-corrected chi connectivity index (χ3v) is 3.40. The first-order valence-corrected chi connectivity index (χ1v) is 6.37. The fourth-order valence-electron chi connectivity index (χ4n) is 1.28. The summed E-state index contributed by atoms with van der Waals surface area (Å²) in [4.78, 5) is 8.53. The van der Waals surface area contributed by atoms with Gasteiger partial charge in [-0.1, -0.05) is 19.8 Å². The first kappa shape index (κ1) is 12.3. The van der Waals surface area contributed by atoms with Crippen molar-refractivity contribution in [1.82, 2.24) is 9.97 Å². The summed E-state index contributed by atoms with van der Waals surface area (Å²) in [6.07, 6.45) is 3.78. The zero-order valence-corrected chi connectivity index (χ0v) is 10.5. The predicted molar refractivity (Wildman–Crippen MR) is 66.2 cm³/mol. The van der Waals surface area contributed by atoms with Crippen molar-refractivity contribution < 1.29 is 0 Å². The fraction of sp³-hybridized carbons (Fsp3) is 0.636. The minimum absolute atomic E-state index is 0.612. The average Bonchev–Trinajstić information content (AvgIpc) is 2.19. The van der Waals surface area contributed by atoms with E-state index < -0.39 is 0 Å². The van der Waals surface area contributed by atoms with Crippen molar-refractivity contribution >= 4 is 17.6 Å². The molecular weight excluding hydrogens is 206 g/mol. The lowest BCUT2D eigenvalue weighted by Crippen LogP contribution is -2.01. The van der Waals surface area contributed by atoms with Crippen molar-refractivity contribution in [2.24, 2.45) is 0 Å². The van der Waals surface area contributed by atoms with Crippen molar-refractivity contribution in [2.45, 2.75) is 45.1 Å². The second kappa shape index (κ2) is 5.95. The van der Waals surface area contributed by atoms with Crippen LogP contribution in [-0.4, -0.2) is 15.7 Å². The normalized spacial score (nSPS) is 10.6. The van der Waals surface area contributed by atoms with Gasteiger partial charge in [-0.15, -0.1) is 11.8 Å². The highest BCUT2D eigenvalue weighted by atomic mass is 32.2. The van der Waals surface area contributed by atoms with Crippen LogP contribution in [-0.2, 0) is 0 Å². The molecule has 0 bridgehead atoms. The van der Waals surface area contributed by atoms with Gasteiger partial charge in [-0.3, -0.25) is 0 Å². The Kier molecular flexibility index (Phi) is 4.88. The molecular formula is C11H19N3S. The van der Waals surface area contributed by atoms with E-state index in [-0.39, 0.29) is 0 Å². The van der Waals surface area contributed by atoms with Gasteiger partial charge in [0, 0.05) is 5.56 Å². The maximum Gasteiger partial charge on any atom is 0.131 e. The van der Waals surface area contributed by atoms with Crippen molar-refractivity contribution in [1.29, 1.82) is 0 Å². The molecule has 0 radical (unpaired) electrons. The van der Waals surface area contributed by atoms with Crippen LogP contribution < -0.4 is 5.73 Å². The number of nitrogen functional groups attached to an aromatic ring is 1. The number of anilines is 1. The molecule has 84 valence electrons. The minimum atomic E-state index is 0.612. The van der Waals surface area contributed by atoms with Crippen molar-refractivity contribution in [2.75, 3.05) is 11.5 Å². The van der Waals surface area contributed by atoms with Gasteiger partial charge in [-0.2, -0.15) is 0 Å². The van der Waals surface area contributed by atoms with Crippen LogP contribution in [0.4, 0.5) is 5.82 Å². The van der Waals surface area contributed by atoms with Crippen LogP contribution in [0.15, 0.2) is 5.03 Å². The van der Waals surface area contributed by atoms with Gasteiger partial charge in [0.2, 0.25) is 0 Å². The summed E-state index contributed by atoms with van der Waals surface area (Å²) in [5, 5.41) is 1.04. The molecule has 0 spiro atoms. The topological polar surface area (TPSA) is 51.8 Å². The quantitative estimate of drug-likeness (QED) is 0.475. The first-order valence-electron chi connectivity index (χ1n) is 5.38. The lowest BCUT2D eigenvalue weighted by molar-refractivity contribution is 0.777. The highest BCUT2D eigenvalue weighted by molar-refractivity contribution is 7.99. The Bertz CT molecular complexity index is 326. The molecule has 0 aliphatic heterocycles. The Labute approximate surface area is 95.9 Å². The van der Waals surface area contributed by atoms with Crippen molar-refractivity contribution in [3.63, 3.8) is 0 Å². The summed E-state index contributed by atoms with van der Waals surface area (Å²) < 4.78 is 0. The van der Waals surface area contributed by atoms with Crippen LogP contribution in [0.2, 0.25) is 0 Å². The van der Waals surface area contributed by atoms with Gasteiger partial charge in [0.05, 0.1) is 0 Å². The van der Waals surface area contributed by atoms with E-state index in [0.717, 1.165) is 22.2 Å². The number of aryl methyl sites for hydroxylation is 1. The van der Waals surface area contributed by atoms with Crippen LogP contribution in [0.25, 0.3) is 0 Å². The smallest absolute Gasteiger partial charge is 0.131 e. The molecule has 1 rings (SSSR count). The molecule has 0 unspecified atom stereocenters. The van der Waals surface area contributed by atoms with E-state index in [1.807, 2.05) is 13.8 Å². The monoisotopic (exact) mass is 225 g/mol. The van der Waals surface area contributed by atoms with Crippen LogP contribution >= 0.6 is 11.8 Å². The molecule has 0 fully saturated rings. The van der Waals surface area contributed by atoms with Crippen LogP contribution in [0.1, 0.15) is 37.6 Å². The van der Waals surface area contributed by atoms with Gasteiger partial charge >= 0.3 is 0 Å².